The number of nitrogens with zero attached hydrogens (tertiary/aromatic N) is 5. The van der Waals surface area contributed by atoms with Crippen LogP contribution in [0, 0.1) is 11.8 Å². The molecule has 1 aromatic carbocycles. The molecule has 1 amide bonds. The van der Waals surface area contributed by atoms with E-state index in [4.69, 9.17) is 9.47 Å². The first-order chi connectivity index (χ1) is 20.8. The van der Waals surface area contributed by atoms with E-state index >= 15 is 0 Å². The summed E-state index contributed by atoms with van der Waals surface area (Å²) >= 11 is 0. The van der Waals surface area contributed by atoms with Gasteiger partial charge >= 0.3 is 18.2 Å². The molecule has 10 nitrogen and oxygen atoms in total. The monoisotopic (exact) mass is 610 g/mol. The summed E-state index contributed by atoms with van der Waals surface area (Å²) < 4.78 is 51.6. The highest BCUT2D eigenvalue weighted by Crippen LogP contribution is 2.32. The number of aromatic nitrogens is 4. The molecule has 1 fully saturated rings. The maximum Gasteiger partial charge on any atom is 0.420 e. The van der Waals surface area contributed by atoms with Crippen LogP contribution in [-0.2, 0) is 26.9 Å². The Morgan fingerprint density at radius 1 is 1.00 bits per heavy atom. The van der Waals surface area contributed by atoms with Gasteiger partial charge in [0.25, 0.3) is 0 Å². The molecule has 0 unspecified atom stereocenters. The number of carbonyl (C=O) groups is 2. The zero-order valence-electron chi connectivity index (χ0n) is 24.9. The average Bonchev–Trinajstić information content (AvgIpc) is 2.96. The molecule has 0 atom stereocenters. The van der Waals surface area contributed by atoms with E-state index in [0.717, 1.165) is 18.4 Å². The van der Waals surface area contributed by atoms with E-state index in [9.17, 15) is 22.8 Å². The van der Waals surface area contributed by atoms with Crippen LogP contribution < -0.4 is 5.32 Å². The lowest BCUT2D eigenvalue weighted by Gasteiger charge is -2.33. The molecule has 0 bridgehead atoms. The molecule has 0 radical (unpaired) electrons. The molecular weight excluding hydrogens is 577 g/mol. The summed E-state index contributed by atoms with van der Waals surface area (Å²) in [7, 11) is 0. The molecule has 1 N–H and O–H groups in total. The Morgan fingerprint density at radius 2 is 1.66 bits per heavy atom. The van der Waals surface area contributed by atoms with Crippen molar-refractivity contribution in [1.82, 2.24) is 24.8 Å². The summed E-state index contributed by atoms with van der Waals surface area (Å²) in [5, 5.41) is 2.93. The van der Waals surface area contributed by atoms with Gasteiger partial charge in [0.2, 0.25) is 5.95 Å². The Hall–Kier alpha value is -4.73. The van der Waals surface area contributed by atoms with Gasteiger partial charge in [-0.2, -0.15) is 13.2 Å². The second-order valence-corrected chi connectivity index (χ2v) is 11.0. The van der Waals surface area contributed by atoms with Gasteiger partial charge in [-0.15, -0.1) is 0 Å². The third-order valence-corrected chi connectivity index (χ3v) is 6.57. The number of hydrogen-bond donors (Lipinski definition) is 1. The van der Waals surface area contributed by atoms with Crippen molar-refractivity contribution in [3.05, 3.63) is 71.1 Å². The Bertz CT molecular complexity index is 1540. The number of amides is 1. The van der Waals surface area contributed by atoms with Crippen LogP contribution in [0.15, 0.2) is 42.9 Å². The number of ether oxygens (including phenoxy) is 2. The van der Waals surface area contributed by atoms with Crippen LogP contribution in [0.25, 0.3) is 0 Å². The molecular formula is C31H33F3N6O4. The number of benzene rings is 1. The normalized spacial score (nSPS) is 13.9. The van der Waals surface area contributed by atoms with Crippen molar-refractivity contribution >= 4 is 23.7 Å². The molecule has 2 aromatic heterocycles. The van der Waals surface area contributed by atoms with Crippen molar-refractivity contribution in [2.24, 2.45) is 0 Å². The van der Waals surface area contributed by atoms with Crippen molar-refractivity contribution in [2.75, 3.05) is 25.0 Å². The van der Waals surface area contributed by atoms with Crippen LogP contribution in [0.2, 0.25) is 0 Å². The minimum atomic E-state index is -4.75. The fourth-order valence-electron chi connectivity index (χ4n) is 4.50. The SMILES string of the molecule is CCOC(=O)Cc1nccnc1C#Cc1nc(Nc2ccc(C3CCN(C(=O)OC(C)(C)C)CC3)cc2)ncc1C(F)(F)F. The number of hydrogen-bond acceptors (Lipinski definition) is 9. The smallest absolute Gasteiger partial charge is 0.420 e. The van der Waals surface area contributed by atoms with Crippen LogP contribution >= 0.6 is 0 Å². The third-order valence-electron chi connectivity index (χ3n) is 6.57. The van der Waals surface area contributed by atoms with E-state index < -0.39 is 29.0 Å². The van der Waals surface area contributed by atoms with Gasteiger partial charge < -0.3 is 19.7 Å². The zero-order chi connectivity index (χ0) is 31.9. The summed E-state index contributed by atoms with van der Waals surface area (Å²) in [4.78, 5) is 42.0. The number of esters is 1. The molecule has 0 spiro atoms. The highest BCUT2D eigenvalue weighted by molar-refractivity contribution is 5.72. The number of piperidine rings is 1. The molecule has 232 valence electrons. The third kappa shape index (κ3) is 8.89. The Kier molecular flexibility index (Phi) is 10.0. The highest BCUT2D eigenvalue weighted by atomic mass is 19.4. The van der Waals surface area contributed by atoms with Gasteiger partial charge in [0.1, 0.15) is 22.6 Å². The second kappa shape index (κ2) is 13.7. The van der Waals surface area contributed by atoms with Gasteiger partial charge in [-0.3, -0.25) is 9.78 Å². The second-order valence-electron chi connectivity index (χ2n) is 11.0. The van der Waals surface area contributed by atoms with Gasteiger partial charge in [-0.1, -0.05) is 12.1 Å². The lowest BCUT2D eigenvalue weighted by atomic mass is 9.89. The van der Waals surface area contributed by atoms with Gasteiger partial charge in [0.05, 0.1) is 18.7 Å². The molecule has 13 heteroatoms. The molecule has 3 aromatic rings. The molecule has 3 heterocycles. The molecule has 4 rings (SSSR count). The van der Waals surface area contributed by atoms with E-state index in [2.05, 4.69) is 37.1 Å². The molecule has 1 aliphatic heterocycles. The number of alkyl halides is 3. The molecule has 44 heavy (non-hydrogen) atoms. The number of rotatable bonds is 6. The number of likely N-dealkylation sites (tertiary alicyclic amines) is 1. The lowest BCUT2D eigenvalue weighted by molar-refractivity contribution is -0.142. The quantitative estimate of drug-likeness (QED) is 0.279. The van der Waals surface area contributed by atoms with Crippen molar-refractivity contribution in [2.45, 2.75) is 64.7 Å². The maximum atomic E-state index is 13.7. The summed E-state index contributed by atoms with van der Waals surface area (Å²) in [6, 6.07) is 7.45. The predicted octanol–water partition coefficient (Wildman–Crippen LogP) is 5.65. The van der Waals surface area contributed by atoms with Gasteiger partial charge in [0, 0.05) is 37.4 Å². The number of halogens is 3. The topological polar surface area (TPSA) is 119 Å². The Labute approximate surface area is 253 Å². The van der Waals surface area contributed by atoms with Crippen LogP contribution in [0.4, 0.5) is 29.6 Å². The summed E-state index contributed by atoms with van der Waals surface area (Å²) in [6.07, 6.45) is -0.386. The highest BCUT2D eigenvalue weighted by Gasteiger charge is 2.35. The fraction of sp³-hybridized carbons (Fsp3) is 0.419. The maximum absolute atomic E-state index is 13.7. The minimum absolute atomic E-state index is 0.0364. The van der Waals surface area contributed by atoms with Gasteiger partial charge in [0.15, 0.2) is 0 Å². The average molecular weight is 611 g/mol. The van der Waals surface area contributed by atoms with E-state index in [-0.39, 0.29) is 42.4 Å². The van der Waals surface area contributed by atoms with Crippen molar-refractivity contribution in [3.8, 4) is 11.8 Å². The van der Waals surface area contributed by atoms with Crippen molar-refractivity contribution in [3.63, 3.8) is 0 Å². The molecule has 1 saturated heterocycles. The Balaban J connectivity index is 1.47. The number of nitrogens with one attached hydrogen (secondary N) is 1. The van der Waals surface area contributed by atoms with E-state index in [1.807, 2.05) is 32.9 Å². The van der Waals surface area contributed by atoms with Crippen molar-refractivity contribution in [1.29, 1.82) is 0 Å². The first-order valence-electron chi connectivity index (χ1n) is 14.1. The molecule has 0 saturated carbocycles. The first-order valence-corrected chi connectivity index (χ1v) is 14.1. The van der Waals surface area contributed by atoms with Crippen LogP contribution in [-0.4, -0.2) is 62.2 Å². The van der Waals surface area contributed by atoms with Gasteiger partial charge in [-0.05, 0) is 76.0 Å². The molecule has 1 aliphatic rings. The minimum Gasteiger partial charge on any atom is -0.466 e. The predicted molar refractivity (Wildman–Crippen MR) is 155 cm³/mol. The zero-order valence-corrected chi connectivity index (χ0v) is 24.9. The van der Waals surface area contributed by atoms with E-state index in [1.54, 1.807) is 24.0 Å². The van der Waals surface area contributed by atoms with E-state index in [1.165, 1.54) is 12.4 Å². The first kappa shape index (κ1) is 32.2. The van der Waals surface area contributed by atoms with Crippen LogP contribution in [0.5, 0.6) is 0 Å². The molecule has 0 aliphatic carbocycles. The van der Waals surface area contributed by atoms with Crippen LogP contribution in [0.1, 0.15) is 74.7 Å². The van der Waals surface area contributed by atoms with Gasteiger partial charge in [-0.25, -0.2) is 19.7 Å². The fourth-order valence-corrected chi connectivity index (χ4v) is 4.50. The van der Waals surface area contributed by atoms with Crippen LogP contribution in [0.3, 0.4) is 0 Å². The largest absolute Gasteiger partial charge is 0.466 e. The van der Waals surface area contributed by atoms with E-state index in [0.29, 0.717) is 25.0 Å². The lowest BCUT2D eigenvalue weighted by Crippen LogP contribution is -2.41. The summed E-state index contributed by atoms with van der Waals surface area (Å²) in [5.74, 6) is 4.61. The Morgan fingerprint density at radius 3 is 2.30 bits per heavy atom. The summed E-state index contributed by atoms with van der Waals surface area (Å²) in [5.41, 5.74) is -0.349. The number of anilines is 2. The standard InChI is InChI=1S/C31H33F3N6O4/c1-5-43-27(41)18-26-25(35-14-15-36-26)11-10-24-23(31(32,33)34)19-37-28(39-24)38-22-8-6-20(7-9-22)21-12-16-40(17-13-21)29(42)44-30(2,3)4/h6-9,14-15,19,21H,5,12-13,16-18H2,1-4H3,(H,37,38,39). The van der Waals surface area contributed by atoms with Crippen molar-refractivity contribution < 1.29 is 32.2 Å². The summed E-state index contributed by atoms with van der Waals surface area (Å²) in [6.45, 7) is 8.50. The number of carbonyl (C=O) groups excluding carboxylic acids is 2.